The molecule has 1 aromatic heterocycles. The number of carbonyl (C=O) groups excluding carboxylic acids is 1. The predicted molar refractivity (Wildman–Crippen MR) is 84.6 cm³/mol. The van der Waals surface area contributed by atoms with Gasteiger partial charge in [0.2, 0.25) is 0 Å². The Kier molecular flexibility index (Phi) is 4.02. The number of nitrogens with zero attached hydrogens (tertiary/aromatic N) is 3. The molecule has 5 nitrogen and oxygen atoms in total. The van der Waals surface area contributed by atoms with Crippen LogP contribution in [0, 0.1) is 5.41 Å². The lowest BCUT2D eigenvalue weighted by Crippen LogP contribution is -2.61. The molecule has 1 aliphatic heterocycles. The molecule has 2 aliphatic rings. The standard InChI is InChI=1S/C17H27N3O2/c1-3-6-17(22)8-7-16(17)9-12-19(13-10-16)15(21)14-5-11-20(4-2)18-14/h5,11,22H,3-4,6-10,12-13H2,1-2H3. The van der Waals surface area contributed by atoms with E-state index in [9.17, 15) is 9.90 Å². The van der Waals surface area contributed by atoms with Crippen molar-refractivity contribution in [1.82, 2.24) is 14.7 Å². The van der Waals surface area contributed by atoms with Crippen LogP contribution in [-0.2, 0) is 6.54 Å². The third-order valence-electron chi connectivity index (χ3n) is 5.86. The van der Waals surface area contributed by atoms with Crippen molar-refractivity contribution in [2.75, 3.05) is 13.1 Å². The first kappa shape index (κ1) is 15.5. The molecular formula is C17H27N3O2. The van der Waals surface area contributed by atoms with E-state index in [0.717, 1.165) is 58.2 Å². The van der Waals surface area contributed by atoms with E-state index in [1.807, 2.05) is 18.0 Å². The number of aromatic nitrogens is 2. The zero-order valence-corrected chi connectivity index (χ0v) is 13.7. The summed E-state index contributed by atoms with van der Waals surface area (Å²) in [5.74, 6) is 0.0282. The molecule has 1 atom stereocenters. The van der Waals surface area contributed by atoms with E-state index < -0.39 is 5.60 Å². The number of rotatable bonds is 4. The van der Waals surface area contributed by atoms with E-state index in [1.165, 1.54) is 0 Å². The Labute approximate surface area is 132 Å². The summed E-state index contributed by atoms with van der Waals surface area (Å²) in [6.07, 6.45) is 7.64. The highest BCUT2D eigenvalue weighted by atomic mass is 16.3. The maximum absolute atomic E-state index is 12.5. The normalized spacial score (nSPS) is 27.0. The van der Waals surface area contributed by atoms with Crippen LogP contribution in [0.15, 0.2) is 12.3 Å². The summed E-state index contributed by atoms with van der Waals surface area (Å²) in [4.78, 5) is 14.4. The maximum atomic E-state index is 12.5. The van der Waals surface area contributed by atoms with Gasteiger partial charge in [-0.25, -0.2) is 0 Å². The Morgan fingerprint density at radius 1 is 1.27 bits per heavy atom. The van der Waals surface area contributed by atoms with Gasteiger partial charge >= 0.3 is 0 Å². The van der Waals surface area contributed by atoms with Gasteiger partial charge in [0.1, 0.15) is 5.69 Å². The Hall–Kier alpha value is -1.36. The predicted octanol–water partition coefficient (Wildman–Crippen LogP) is 2.45. The van der Waals surface area contributed by atoms with E-state index in [0.29, 0.717) is 5.69 Å². The zero-order chi connectivity index (χ0) is 15.8. The third-order valence-corrected chi connectivity index (χ3v) is 5.86. The molecule has 3 rings (SSSR count). The Morgan fingerprint density at radius 3 is 2.50 bits per heavy atom. The molecule has 2 heterocycles. The monoisotopic (exact) mass is 305 g/mol. The molecule has 0 aromatic carbocycles. The number of hydrogen-bond acceptors (Lipinski definition) is 3. The Bertz CT molecular complexity index is 546. The molecule has 5 heteroatoms. The molecule has 0 radical (unpaired) electrons. The first-order valence-corrected chi connectivity index (χ1v) is 8.59. The summed E-state index contributed by atoms with van der Waals surface area (Å²) in [6.45, 7) is 6.40. The third kappa shape index (κ3) is 2.35. The molecular weight excluding hydrogens is 278 g/mol. The molecule has 2 fully saturated rings. The number of aryl methyl sites for hydroxylation is 1. The average molecular weight is 305 g/mol. The zero-order valence-electron chi connectivity index (χ0n) is 13.7. The molecule has 1 aliphatic carbocycles. The van der Waals surface area contributed by atoms with Gasteiger partial charge in [-0.15, -0.1) is 0 Å². The fraction of sp³-hybridized carbons (Fsp3) is 0.765. The summed E-state index contributed by atoms with van der Waals surface area (Å²) in [5.41, 5.74) is 0.110. The van der Waals surface area contributed by atoms with Gasteiger partial charge < -0.3 is 10.0 Å². The SMILES string of the molecule is CCCC1(O)CCC12CCN(C(=O)c1ccn(CC)n1)CC2. The maximum Gasteiger partial charge on any atom is 0.274 e. The average Bonchev–Trinajstić information content (AvgIpc) is 3.02. The van der Waals surface area contributed by atoms with Crippen LogP contribution in [0.25, 0.3) is 0 Å². The summed E-state index contributed by atoms with van der Waals surface area (Å²) in [7, 11) is 0. The van der Waals surface area contributed by atoms with Gasteiger partial charge in [-0.05, 0) is 45.1 Å². The van der Waals surface area contributed by atoms with Crippen LogP contribution in [-0.4, -0.2) is 44.4 Å². The smallest absolute Gasteiger partial charge is 0.274 e. The summed E-state index contributed by atoms with van der Waals surface area (Å²) in [6, 6.07) is 1.80. The minimum absolute atomic E-state index is 0.0282. The van der Waals surface area contributed by atoms with Crippen LogP contribution >= 0.6 is 0 Å². The lowest BCUT2D eigenvalue weighted by Gasteiger charge is -2.59. The molecule has 1 N–H and O–H groups in total. The highest BCUT2D eigenvalue weighted by molar-refractivity contribution is 5.92. The second kappa shape index (κ2) is 5.69. The first-order chi connectivity index (χ1) is 10.5. The minimum atomic E-state index is -0.485. The topological polar surface area (TPSA) is 58.4 Å². The molecule has 22 heavy (non-hydrogen) atoms. The second-order valence-electron chi connectivity index (χ2n) is 6.91. The molecule has 0 bridgehead atoms. The highest BCUT2D eigenvalue weighted by Gasteiger charge is 2.58. The van der Waals surface area contributed by atoms with Crippen molar-refractivity contribution in [3.8, 4) is 0 Å². The van der Waals surface area contributed by atoms with Crippen LogP contribution in [0.5, 0.6) is 0 Å². The molecule has 1 saturated carbocycles. The number of likely N-dealkylation sites (tertiary alicyclic amines) is 1. The minimum Gasteiger partial charge on any atom is -0.389 e. The van der Waals surface area contributed by atoms with Crippen LogP contribution in [0.4, 0.5) is 0 Å². The van der Waals surface area contributed by atoms with Gasteiger partial charge in [0.15, 0.2) is 0 Å². The highest BCUT2D eigenvalue weighted by Crippen LogP contribution is 2.58. The van der Waals surface area contributed by atoms with Crippen LogP contribution in [0.1, 0.15) is 62.9 Å². The Balaban J connectivity index is 1.63. The van der Waals surface area contributed by atoms with Crippen molar-refractivity contribution in [3.05, 3.63) is 18.0 Å². The molecule has 1 unspecified atom stereocenters. The van der Waals surface area contributed by atoms with Crippen LogP contribution in [0.3, 0.4) is 0 Å². The fourth-order valence-corrected chi connectivity index (χ4v) is 4.24. The number of hydrogen-bond donors (Lipinski definition) is 1. The quantitative estimate of drug-likeness (QED) is 0.929. The lowest BCUT2D eigenvalue weighted by atomic mass is 9.51. The van der Waals surface area contributed by atoms with Gasteiger partial charge in [-0.1, -0.05) is 13.3 Å². The lowest BCUT2D eigenvalue weighted by molar-refractivity contribution is -0.191. The van der Waals surface area contributed by atoms with Crippen molar-refractivity contribution in [2.45, 2.75) is 64.5 Å². The van der Waals surface area contributed by atoms with Gasteiger partial charge in [0.25, 0.3) is 5.91 Å². The van der Waals surface area contributed by atoms with Crippen molar-refractivity contribution in [2.24, 2.45) is 5.41 Å². The molecule has 1 spiro atoms. The summed E-state index contributed by atoms with van der Waals surface area (Å²) >= 11 is 0. The summed E-state index contributed by atoms with van der Waals surface area (Å²) in [5, 5.41) is 15.2. The molecule has 1 amide bonds. The van der Waals surface area contributed by atoms with E-state index in [4.69, 9.17) is 0 Å². The van der Waals surface area contributed by atoms with Crippen LogP contribution < -0.4 is 0 Å². The second-order valence-corrected chi connectivity index (χ2v) is 6.91. The molecule has 1 saturated heterocycles. The molecule has 122 valence electrons. The van der Waals surface area contributed by atoms with Gasteiger partial charge in [0.05, 0.1) is 5.60 Å². The van der Waals surface area contributed by atoms with Gasteiger partial charge in [-0.2, -0.15) is 5.10 Å². The number of carbonyl (C=O) groups is 1. The fourth-order valence-electron chi connectivity index (χ4n) is 4.24. The van der Waals surface area contributed by atoms with Crippen molar-refractivity contribution in [1.29, 1.82) is 0 Å². The van der Waals surface area contributed by atoms with E-state index in [2.05, 4.69) is 12.0 Å². The summed E-state index contributed by atoms with van der Waals surface area (Å²) < 4.78 is 1.78. The van der Waals surface area contributed by atoms with E-state index in [1.54, 1.807) is 10.7 Å². The first-order valence-electron chi connectivity index (χ1n) is 8.59. The number of amides is 1. The number of aliphatic hydroxyl groups is 1. The van der Waals surface area contributed by atoms with E-state index >= 15 is 0 Å². The van der Waals surface area contributed by atoms with Crippen molar-refractivity contribution < 1.29 is 9.90 Å². The van der Waals surface area contributed by atoms with Gasteiger partial charge in [0, 0.05) is 31.2 Å². The Morgan fingerprint density at radius 2 is 2.00 bits per heavy atom. The van der Waals surface area contributed by atoms with E-state index in [-0.39, 0.29) is 11.3 Å². The van der Waals surface area contributed by atoms with Crippen molar-refractivity contribution in [3.63, 3.8) is 0 Å². The number of piperidine rings is 1. The molecule has 1 aromatic rings. The van der Waals surface area contributed by atoms with Gasteiger partial charge in [-0.3, -0.25) is 9.48 Å². The van der Waals surface area contributed by atoms with Crippen molar-refractivity contribution >= 4 is 5.91 Å². The largest absolute Gasteiger partial charge is 0.389 e. The van der Waals surface area contributed by atoms with Crippen LogP contribution in [0.2, 0.25) is 0 Å².